The summed E-state index contributed by atoms with van der Waals surface area (Å²) in [5.41, 5.74) is 3.18. The van der Waals surface area contributed by atoms with Gasteiger partial charge in [0.15, 0.2) is 0 Å². The average Bonchev–Trinajstić information content (AvgIpc) is 2.38. The zero-order chi connectivity index (χ0) is 12.1. The second kappa shape index (κ2) is 7.96. The third-order valence-corrected chi connectivity index (χ3v) is 3.80. The first-order chi connectivity index (χ1) is 8.36. The largest absolute Gasteiger partial charge is 0.296 e. The molecule has 18 heavy (non-hydrogen) atoms. The maximum atomic E-state index is 2.69. The molecule has 1 aliphatic rings. The van der Waals surface area contributed by atoms with Crippen LogP contribution in [0.1, 0.15) is 56.7 Å². The van der Waals surface area contributed by atoms with Gasteiger partial charge in [0.1, 0.15) is 0 Å². The van der Waals surface area contributed by atoms with Gasteiger partial charge in [-0.25, -0.2) is 0 Å². The maximum absolute atomic E-state index is 2.69. The van der Waals surface area contributed by atoms with Gasteiger partial charge in [-0.3, -0.25) is 4.90 Å². The van der Waals surface area contributed by atoms with Crippen LogP contribution in [0.15, 0.2) is 24.3 Å². The molecule has 102 valence electrons. The fourth-order valence-electron chi connectivity index (χ4n) is 3.11. The van der Waals surface area contributed by atoms with Gasteiger partial charge in [0.05, 0.1) is 0 Å². The van der Waals surface area contributed by atoms with Crippen LogP contribution in [0.3, 0.4) is 0 Å². The van der Waals surface area contributed by atoms with Crippen molar-refractivity contribution in [3.63, 3.8) is 0 Å². The lowest BCUT2D eigenvalue weighted by molar-refractivity contribution is 0.179. The molecule has 0 radical (unpaired) electrons. The molecule has 1 aromatic carbocycles. The van der Waals surface area contributed by atoms with Crippen LogP contribution in [0.2, 0.25) is 0 Å². The first-order valence-electron chi connectivity index (χ1n) is 7.18. The van der Waals surface area contributed by atoms with Crippen LogP contribution in [0.5, 0.6) is 0 Å². The summed E-state index contributed by atoms with van der Waals surface area (Å²) in [6.45, 7) is 7.06. The minimum absolute atomic E-state index is 0. The molecule has 1 nitrogen and oxygen atoms in total. The third kappa shape index (κ3) is 3.58. The molecule has 2 heteroatoms. The Labute approximate surface area is 122 Å². The molecular weight excluding hydrogens is 286 g/mol. The Kier molecular flexibility index (Phi) is 6.95. The zero-order valence-corrected chi connectivity index (χ0v) is 13.4. The molecule has 0 aromatic heterocycles. The average molecular weight is 312 g/mol. The van der Waals surface area contributed by atoms with E-state index in [0.717, 1.165) is 0 Å². The van der Waals surface area contributed by atoms with E-state index in [0.29, 0.717) is 6.04 Å². The van der Waals surface area contributed by atoms with Gasteiger partial charge in [-0.05, 0) is 56.3 Å². The summed E-state index contributed by atoms with van der Waals surface area (Å²) in [7, 11) is 0. The summed E-state index contributed by atoms with van der Waals surface area (Å²) in [5, 5.41) is 0. The molecule has 1 aliphatic carbocycles. The monoisotopic (exact) mass is 311 g/mol. The third-order valence-electron chi connectivity index (χ3n) is 3.80. The van der Waals surface area contributed by atoms with Gasteiger partial charge in [0, 0.05) is 6.04 Å². The Balaban J connectivity index is 0.00000162. The SMILES string of the molecule is Br.CCCN(CCC)C1CCCc2ccccc21. The highest BCUT2D eigenvalue weighted by atomic mass is 79.9. The van der Waals surface area contributed by atoms with Crippen molar-refractivity contribution in [1.29, 1.82) is 0 Å². The summed E-state index contributed by atoms with van der Waals surface area (Å²) >= 11 is 0. The highest BCUT2D eigenvalue weighted by molar-refractivity contribution is 8.93. The van der Waals surface area contributed by atoms with E-state index in [-0.39, 0.29) is 17.0 Å². The Hall–Kier alpha value is -0.340. The lowest BCUT2D eigenvalue weighted by Crippen LogP contribution is -2.32. The van der Waals surface area contributed by atoms with Gasteiger partial charge in [0.2, 0.25) is 0 Å². The van der Waals surface area contributed by atoms with Crippen LogP contribution in [-0.4, -0.2) is 18.0 Å². The summed E-state index contributed by atoms with van der Waals surface area (Å²) in [6, 6.07) is 9.73. The van der Waals surface area contributed by atoms with Gasteiger partial charge in [-0.1, -0.05) is 38.1 Å². The molecular formula is C16H26BrN. The lowest BCUT2D eigenvalue weighted by atomic mass is 9.86. The van der Waals surface area contributed by atoms with Crippen LogP contribution in [-0.2, 0) is 6.42 Å². The number of fused-ring (bicyclic) bond motifs is 1. The molecule has 1 aromatic rings. The Morgan fingerprint density at radius 1 is 1.11 bits per heavy atom. The van der Waals surface area contributed by atoms with Crippen molar-refractivity contribution in [3.05, 3.63) is 35.4 Å². The second-order valence-corrected chi connectivity index (χ2v) is 5.14. The standard InChI is InChI=1S/C16H25N.BrH/c1-3-12-17(13-4-2)16-11-7-9-14-8-5-6-10-15(14)16;/h5-6,8,10,16H,3-4,7,9,11-13H2,1-2H3;1H. The minimum Gasteiger partial charge on any atom is -0.296 e. The van der Waals surface area contributed by atoms with E-state index >= 15 is 0 Å². The second-order valence-electron chi connectivity index (χ2n) is 5.14. The van der Waals surface area contributed by atoms with Gasteiger partial charge < -0.3 is 0 Å². The number of nitrogens with zero attached hydrogens (tertiary/aromatic N) is 1. The lowest BCUT2D eigenvalue weighted by Gasteiger charge is -2.35. The smallest absolute Gasteiger partial charge is 0.0350 e. The quantitative estimate of drug-likeness (QED) is 0.757. The number of aryl methyl sites for hydroxylation is 1. The molecule has 0 N–H and O–H groups in total. The Morgan fingerprint density at radius 3 is 2.44 bits per heavy atom. The zero-order valence-electron chi connectivity index (χ0n) is 11.7. The predicted molar refractivity (Wildman–Crippen MR) is 84.6 cm³/mol. The number of hydrogen-bond donors (Lipinski definition) is 0. The fourth-order valence-corrected chi connectivity index (χ4v) is 3.11. The van der Waals surface area contributed by atoms with Crippen molar-refractivity contribution in [3.8, 4) is 0 Å². The number of hydrogen-bond acceptors (Lipinski definition) is 1. The van der Waals surface area contributed by atoms with Crippen molar-refractivity contribution in [2.75, 3.05) is 13.1 Å². The molecule has 0 aliphatic heterocycles. The first-order valence-corrected chi connectivity index (χ1v) is 7.18. The van der Waals surface area contributed by atoms with Crippen molar-refractivity contribution < 1.29 is 0 Å². The van der Waals surface area contributed by atoms with Gasteiger partial charge in [0.25, 0.3) is 0 Å². The summed E-state index contributed by atoms with van der Waals surface area (Å²) in [5.74, 6) is 0. The number of rotatable bonds is 5. The highest BCUT2D eigenvalue weighted by Gasteiger charge is 2.24. The van der Waals surface area contributed by atoms with Crippen molar-refractivity contribution in [2.45, 2.75) is 52.0 Å². The minimum atomic E-state index is 0. The molecule has 2 rings (SSSR count). The number of benzene rings is 1. The Morgan fingerprint density at radius 2 is 1.78 bits per heavy atom. The van der Waals surface area contributed by atoms with E-state index in [2.05, 4.69) is 43.0 Å². The van der Waals surface area contributed by atoms with Crippen LogP contribution in [0.4, 0.5) is 0 Å². The van der Waals surface area contributed by atoms with Crippen molar-refractivity contribution >= 4 is 17.0 Å². The molecule has 0 amide bonds. The molecule has 0 spiro atoms. The first kappa shape index (κ1) is 15.7. The van der Waals surface area contributed by atoms with Crippen molar-refractivity contribution in [1.82, 2.24) is 4.90 Å². The van der Waals surface area contributed by atoms with Crippen molar-refractivity contribution in [2.24, 2.45) is 0 Å². The van der Waals surface area contributed by atoms with E-state index < -0.39 is 0 Å². The van der Waals surface area contributed by atoms with Crippen LogP contribution in [0.25, 0.3) is 0 Å². The molecule has 0 saturated carbocycles. The van der Waals surface area contributed by atoms with Crippen LogP contribution < -0.4 is 0 Å². The maximum Gasteiger partial charge on any atom is 0.0350 e. The topological polar surface area (TPSA) is 3.24 Å². The van der Waals surface area contributed by atoms with Gasteiger partial charge in [-0.15, -0.1) is 17.0 Å². The predicted octanol–water partition coefficient (Wildman–Crippen LogP) is 4.76. The summed E-state index contributed by atoms with van der Waals surface area (Å²) in [6.07, 6.45) is 6.50. The molecule has 1 unspecified atom stereocenters. The number of halogens is 1. The van der Waals surface area contributed by atoms with Gasteiger partial charge >= 0.3 is 0 Å². The molecule has 0 bridgehead atoms. The summed E-state index contributed by atoms with van der Waals surface area (Å²) in [4.78, 5) is 2.69. The van der Waals surface area contributed by atoms with E-state index in [1.54, 1.807) is 11.1 Å². The van der Waals surface area contributed by atoms with E-state index in [9.17, 15) is 0 Å². The van der Waals surface area contributed by atoms with E-state index in [1.165, 1.54) is 45.2 Å². The van der Waals surface area contributed by atoms with Gasteiger partial charge in [-0.2, -0.15) is 0 Å². The Bertz CT molecular complexity index is 345. The molecule has 0 saturated heterocycles. The van der Waals surface area contributed by atoms with E-state index in [4.69, 9.17) is 0 Å². The highest BCUT2D eigenvalue weighted by Crippen LogP contribution is 2.34. The van der Waals surface area contributed by atoms with E-state index in [1.807, 2.05) is 0 Å². The van der Waals surface area contributed by atoms with Crippen LogP contribution in [0, 0.1) is 0 Å². The molecule has 0 heterocycles. The normalized spacial score (nSPS) is 18.3. The molecule has 0 fully saturated rings. The van der Waals surface area contributed by atoms with Crippen LogP contribution >= 0.6 is 17.0 Å². The summed E-state index contributed by atoms with van der Waals surface area (Å²) < 4.78 is 0. The fraction of sp³-hybridized carbons (Fsp3) is 0.625. The molecule has 1 atom stereocenters.